The van der Waals surface area contributed by atoms with Gasteiger partial charge in [0.25, 0.3) is 0 Å². The summed E-state index contributed by atoms with van der Waals surface area (Å²) in [6.07, 6.45) is 2.74. The number of benzene rings is 2. The van der Waals surface area contributed by atoms with E-state index in [1.165, 1.54) is 11.1 Å². The van der Waals surface area contributed by atoms with Crippen LogP contribution < -0.4 is 5.32 Å². The number of hydrogen-bond donors (Lipinski definition) is 1. The molecule has 0 aromatic heterocycles. The van der Waals surface area contributed by atoms with Crippen molar-refractivity contribution in [1.82, 2.24) is 5.32 Å². The Labute approximate surface area is 139 Å². The molecule has 0 heterocycles. The molecule has 0 bridgehead atoms. The van der Waals surface area contributed by atoms with Crippen molar-refractivity contribution in [3.8, 4) is 0 Å². The summed E-state index contributed by atoms with van der Waals surface area (Å²) >= 11 is 0. The van der Waals surface area contributed by atoms with E-state index in [-0.39, 0.29) is 12.4 Å². The van der Waals surface area contributed by atoms with Gasteiger partial charge in [0.1, 0.15) is 5.60 Å². The molecule has 0 radical (unpaired) electrons. The number of hydrogen-bond acceptors (Lipinski definition) is 2. The van der Waals surface area contributed by atoms with Crippen LogP contribution in [0.15, 0.2) is 73.3 Å². The van der Waals surface area contributed by atoms with Crippen molar-refractivity contribution in [3.63, 3.8) is 0 Å². The fraction of sp³-hybridized carbons (Fsp3) is 0.263. The standard InChI is InChI=1S/C19H23NO.ClH/c1-3-15-20-16-14-19(21-2,17-10-6-4-7-11-17)18-12-8-5-9-13-18;/h3-13,20H,1,14-16H2,2H3;1H. The van der Waals surface area contributed by atoms with Gasteiger partial charge in [0, 0.05) is 13.7 Å². The highest BCUT2D eigenvalue weighted by Gasteiger charge is 2.33. The molecule has 2 nitrogen and oxygen atoms in total. The highest BCUT2D eigenvalue weighted by atomic mass is 35.5. The second-order valence-electron chi connectivity index (χ2n) is 5.01. The summed E-state index contributed by atoms with van der Waals surface area (Å²) in [5.74, 6) is 0. The van der Waals surface area contributed by atoms with Crippen molar-refractivity contribution >= 4 is 12.4 Å². The van der Waals surface area contributed by atoms with Crippen LogP contribution in [0.2, 0.25) is 0 Å². The van der Waals surface area contributed by atoms with Gasteiger partial charge in [-0.25, -0.2) is 0 Å². The van der Waals surface area contributed by atoms with Crippen molar-refractivity contribution < 1.29 is 4.74 Å². The summed E-state index contributed by atoms with van der Waals surface area (Å²) in [6, 6.07) is 20.8. The molecule has 0 aliphatic heterocycles. The van der Waals surface area contributed by atoms with Crippen LogP contribution >= 0.6 is 12.4 Å². The third kappa shape index (κ3) is 4.20. The highest BCUT2D eigenvalue weighted by molar-refractivity contribution is 5.85. The molecular weight excluding hydrogens is 294 g/mol. The molecule has 0 aliphatic carbocycles. The Morgan fingerprint density at radius 2 is 1.50 bits per heavy atom. The Morgan fingerprint density at radius 3 is 1.91 bits per heavy atom. The van der Waals surface area contributed by atoms with Crippen LogP contribution in [0.3, 0.4) is 0 Å². The maximum Gasteiger partial charge on any atom is 0.119 e. The SMILES string of the molecule is C=CCNCCC(OC)(c1ccccc1)c1ccccc1.Cl. The van der Waals surface area contributed by atoms with Crippen LogP contribution in [-0.2, 0) is 10.3 Å². The lowest BCUT2D eigenvalue weighted by atomic mass is 9.83. The maximum absolute atomic E-state index is 6.02. The molecule has 0 saturated heterocycles. The minimum Gasteiger partial charge on any atom is -0.369 e. The normalized spacial score (nSPS) is 10.8. The summed E-state index contributed by atoms with van der Waals surface area (Å²) in [6.45, 7) is 5.41. The Morgan fingerprint density at radius 1 is 1.00 bits per heavy atom. The zero-order valence-corrected chi connectivity index (χ0v) is 13.8. The molecule has 0 atom stereocenters. The molecule has 0 saturated carbocycles. The first-order valence-corrected chi connectivity index (χ1v) is 7.31. The van der Waals surface area contributed by atoms with E-state index in [1.807, 2.05) is 18.2 Å². The van der Waals surface area contributed by atoms with E-state index in [0.717, 1.165) is 19.5 Å². The van der Waals surface area contributed by atoms with Gasteiger partial charge in [0.05, 0.1) is 0 Å². The van der Waals surface area contributed by atoms with Crippen LogP contribution in [0.5, 0.6) is 0 Å². The van der Waals surface area contributed by atoms with Crippen molar-refractivity contribution in [2.24, 2.45) is 0 Å². The average Bonchev–Trinajstić information content (AvgIpc) is 2.57. The third-order valence-electron chi connectivity index (χ3n) is 3.77. The van der Waals surface area contributed by atoms with Gasteiger partial charge in [0.2, 0.25) is 0 Å². The molecule has 0 fully saturated rings. The van der Waals surface area contributed by atoms with Crippen LogP contribution in [0.1, 0.15) is 17.5 Å². The summed E-state index contributed by atoms with van der Waals surface area (Å²) in [5.41, 5.74) is 1.94. The van der Waals surface area contributed by atoms with Gasteiger partial charge in [-0.15, -0.1) is 19.0 Å². The molecule has 1 N–H and O–H groups in total. The van der Waals surface area contributed by atoms with Gasteiger partial charge >= 0.3 is 0 Å². The van der Waals surface area contributed by atoms with Crippen molar-refractivity contribution in [2.45, 2.75) is 12.0 Å². The number of halogens is 1. The number of methoxy groups -OCH3 is 1. The van der Waals surface area contributed by atoms with Gasteiger partial charge in [-0.2, -0.15) is 0 Å². The summed E-state index contributed by atoms with van der Waals surface area (Å²) in [5, 5.41) is 3.37. The molecular formula is C19H24ClNO. The first-order valence-electron chi connectivity index (χ1n) is 7.31. The molecule has 2 rings (SSSR count). The Balaban J connectivity index is 0.00000242. The van der Waals surface area contributed by atoms with Gasteiger partial charge in [-0.05, 0) is 24.1 Å². The summed E-state index contributed by atoms with van der Waals surface area (Å²) < 4.78 is 6.02. The molecule has 2 aromatic rings. The number of nitrogens with one attached hydrogen (secondary N) is 1. The van der Waals surface area contributed by atoms with E-state index in [1.54, 1.807) is 7.11 Å². The topological polar surface area (TPSA) is 21.3 Å². The van der Waals surface area contributed by atoms with Crippen LogP contribution in [0.4, 0.5) is 0 Å². The smallest absolute Gasteiger partial charge is 0.119 e. The molecule has 118 valence electrons. The zero-order chi connectivity index (χ0) is 15.0. The maximum atomic E-state index is 6.02. The first kappa shape index (κ1) is 18.4. The highest BCUT2D eigenvalue weighted by Crippen LogP contribution is 2.36. The predicted octanol–water partition coefficient (Wildman–Crippen LogP) is 4.16. The average molecular weight is 318 g/mol. The van der Waals surface area contributed by atoms with Gasteiger partial charge in [-0.3, -0.25) is 0 Å². The summed E-state index contributed by atoms with van der Waals surface area (Å²) in [7, 11) is 1.79. The minimum absolute atomic E-state index is 0. The van der Waals surface area contributed by atoms with Crippen molar-refractivity contribution in [3.05, 3.63) is 84.4 Å². The van der Waals surface area contributed by atoms with Crippen LogP contribution in [0.25, 0.3) is 0 Å². The Kier molecular flexibility index (Phi) is 7.89. The first-order chi connectivity index (χ1) is 10.3. The predicted molar refractivity (Wildman–Crippen MR) is 95.6 cm³/mol. The fourth-order valence-electron chi connectivity index (χ4n) is 2.68. The lowest BCUT2D eigenvalue weighted by Crippen LogP contribution is -2.34. The Bertz CT molecular complexity index is 502. The third-order valence-corrected chi connectivity index (χ3v) is 3.77. The fourth-order valence-corrected chi connectivity index (χ4v) is 2.68. The lowest BCUT2D eigenvalue weighted by molar-refractivity contribution is 0.0149. The van der Waals surface area contributed by atoms with Crippen LogP contribution in [0, 0.1) is 0 Å². The number of ether oxygens (including phenoxy) is 1. The number of rotatable bonds is 8. The monoisotopic (exact) mass is 317 g/mol. The van der Waals surface area contributed by atoms with E-state index >= 15 is 0 Å². The molecule has 0 aliphatic rings. The van der Waals surface area contributed by atoms with Gasteiger partial charge in [-0.1, -0.05) is 66.7 Å². The molecule has 0 amide bonds. The van der Waals surface area contributed by atoms with Crippen LogP contribution in [-0.4, -0.2) is 20.2 Å². The molecule has 2 aromatic carbocycles. The lowest BCUT2D eigenvalue weighted by Gasteiger charge is -2.34. The van der Waals surface area contributed by atoms with E-state index in [2.05, 4.69) is 60.4 Å². The minimum atomic E-state index is -0.420. The summed E-state index contributed by atoms with van der Waals surface area (Å²) in [4.78, 5) is 0. The van der Waals surface area contributed by atoms with E-state index < -0.39 is 5.60 Å². The molecule has 3 heteroatoms. The van der Waals surface area contributed by atoms with E-state index in [0.29, 0.717) is 0 Å². The Hall–Kier alpha value is -1.61. The molecule has 0 unspecified atom stereocenters. The van der Waals surface area contributed by atoms with Crippen molar-refractivity contribution in [1.29, 1.82) is 0 Å². The van der Waals surface area contributed by atoms with E-state index in [4.69, 9.17) is 4.74 Å². The zero-order valence-electron chi connectivity index (χ0n) is 13.0. The molecule has 22 heavy (non-hydrogen) atoms. The quantitative estimate of drug-likeness (QED) is 0.583. The van der Waals surface area contributed by atoms with Crippen molar-refractivity contribution in [2.75, 3.05) is 20.2 Å². The second-order valence-corrected chi connectivity index (χ2v) is 5.01. The largest absolute Gasteiger partial charge is 0.369 e. The second kappa shape index (κ2) is 9.42. The van der Waals surface area contributed by atoms with Gasteiger partial charge < -0.3 is 10.1 Å². The van der Waals surface area contributed by atoms with E-state index in [9.17, 15) is 0 Å². The molecule has 0 spiro atoms. The van der Waals surface area contributed by atoms with Gasteiger partial charge in [0.15, 0.2) is 0 Å².